The summed E-state index contributed by atoms with van der Waals surface area (Å²) in [5, 5.41) is 0.395. The van der Waals surface area contributed by atoms with E-state index in [1.807, 2.05) is 19.1 Å². The van der Waals surface area contributed by atoms with Crippen LogP contribution in [0.5, 0.6) is 5.75 Å². The lowest BCUT2D eigenvalue weighted by Crippen LogP contribution is -2.10. The number of ether oxygens (including phenoxy) is 2. The van der Waals surface area contributed by atoms with Gasteiger partial charge in [0.2, 0.25) is 0 Å². The third-order valence-electron chi connectivity index (χ3n) is 4.55. The minimum atomic E-state index is -0.403. The van der Waals surface area contributed by atoms with Gasteiger partial charge in [-0.1, -0.05) is 75.3 Å². The Kier molecular flexibility index (Phi) is 14.0. The molecule has 0 N–H and O–H groups in total. The molecule has 0 aliphatic carbocycles. The third-order valence-corrected chi connectivity index (χ3v) is 4.87. The summed E-state index contributed by atoms with van der Waals surface area (Å²) in [7, 11) is 0. The maximum atomic E-state index is 11.9. The Balaban J connectivity index is 2.03. The molecule has 0 radical (unpaired) electrons. The van der Waals surface area contributed by atoms with Gasteiger partial charge in [0.05, 0.1) is 5.02 Å². The third kappa shape index (κ3) is 13.1. The largest absolute Gasteiger partial charge is 0.461 e. The zero-order valence-corrected chi connectivity index (χ0v) is 18.6. The highest BCUT2D eigenvalue weighted by Gasteiger charge is 2.10. The minimum Gasteiger partial charge on any atom is -0.461 e. The average molecular weight is 423 g/mol. The van der Waals surface area contributed by atoms with E-state index < -0.39 is 5.97 Å². The van der Waals surface area contributed by atoms with Gasteiger partial charge in [0.15, 0.2) is 0 Å². The number of carbonyl (C=O) groups excluding carboxylic acids is 2. The second-order valence-electron chi connectivity index (χ2n) is 7.33. The number of esters is 2. The lowest BCUT2D eigenvalue weighted by atomic mass is 10.1. The van der Waals surface area contributed by atoms with Crippen LogP contribution in [0.4, 0.5) is 0 Å². The predicted molar refractivity (Wildman–Crippen MR) is 118 cm³/mol. The fraction of sp³-hybridized carbons (Fsp3) is 0.583. The van der Waals surface area contributed by atoms with Crippen LogP contribution in [0.25, 0.3) is 0 Å². The van der Waals surface area contributed by atoms with Crippen molar-refractivity contribution in [1.29, 1.82) is 0 Å². The van der Waals surface area contributed by atoms with Gasteiger partial charge in [-0.2, -0.15) is 0 Å². The van der Waals surface area contributed by atoms with Gasteiger partial charge in [-0.05, 0) is 43.9 Å². The lowest BCUT2D eigenvalue weighted by molar-refractivity contribution is -0.142. The SMILES string of the molecule is CCCCCCCCC/C=C/COC(=O)CCCC(=O)Oc1cc(C)ccc1Cl. The first-order valence-corrected chi connectivity index (χ1v) is 11.2. The molecule has 1 aromatic rings. The molecule has 0 bridgehead atoms. The summed E-state index contributed by atoms with van der Waals surface area (Å²) in [6, 6.07) is 5.25. The molecule has 0 aromatic heterocycles. The Hall–Kier alpha value is -1.81. The molecule has 29 heavy (non-hydrogen) atoms. The molecule has 0 spiro atoms. The molecule has 0 saturated carbocycles. The highest BCUT2D eigenvalue weighted by molar-refractivity contribution is 6.32. The van der Waals surface area contributed by atoms with Gasteiger partial charge in [0.1, 0.15) is 12.4 Å². The molecule has 5 heteroatoms. The molecule has 0 aliphatic rings. The Morgan fingerprint density at radius 2 is 1.62 bits per heavy atom. The molecule has 0 fully saturated rings. The number of halogens is 1. The average Bonchev–Trinajstić information content (AvgIpc) is 2.69. The van der Waals surface area contributed by atoms with E-state index in [0.717, 1.165) is 12.0 Å². The van der Waals surface area contributed by atoms with E-state index in [1.165, 1.54) is 44.9 Å². The second-order valence-corrected chi connectivity index (χ2v) is 7.73. The van der Waals surface area contributed by atoms with E-state index in [9.17, 15) is 9.59 Å². The van der Waals surface area contributed by atoms with Crippen LogP contribution < -0.4 is 4.74 Å². The van der Waals surface area contributed by atoms with Gasteiger partial charge in [-0.25, -0.2) is 0 Å². The summed E-state index contributed by atoms with van der Waals surface area (Å²) in [6.45, 7) is 4.42. The van der Waals surface area contributed by atoms with Crippen molar-refractivity contribution in [3.63, 3.8) is 0 Å². The van der Waals surface area contributed by atoms with Crippen LogP contribution in [0, 0.1) is 6.92 Å². The molecule has 0 saturated heterocycles. The van der Waals surface area contributed by atoms with Crippen LogP contribution in [-0.4, -0.2) is 18.5 Å². The molecule has 0 unspecified atom stereocenters. The molecule has 1 rings (SSSR count). The molecule has 0 aliphatic heterocycles. The normalized spacial score (nSPS) is 11.0. The molecule has 0 heterocycles. The van der Waals surface area contributed by atoms with Gasteiger partial charge in [0, 0.05) is 12.8 Å². The topological polar surface area (TPSA) is 52.6 Å². The highest BCUT2D eigenvalue weighted by Crippen LogP contribution is 2.25. The highest BCUT2D eigenvalue weighted by atomic mass is 35.5. The first-order chi connectivity index (χ1) is 14.0. The summed E-state index contributed by atoms with van der Waals surface area (Å²) in [5.41, 5.74) is 0.959. The van der Waals surface area contributed by atoms with Crippen LogP contribution in [0.15, 0.2) is 30.4 Å². The molecule has 4 nitrogen and oxygen atoms in total. The van der Waals surface area contributed by atoms with E-state index in [0.29, 0.717) is 23.8 Å². The van der Waals surface area contributed by atoms with Gasteiger partial charge in [-0.15, -0.1) is 0 Å². The van der Waals surface area contributed by atoms with Crippen LogP contribution in [0.1, 0.15) is 83.1 Å². The van der Waals surface area contributed by atoms with E-state index >= 15 is 0 Å². The summed E-state index contributed by atoms with van der Waals surface area (Å²) < 4.78 is 10.4. The molecule has 0 amide bonds. The zero-order valence-electron chi connectivity index (χ0n) is 17.9. The number of hydrogen-bond acceptors (Lipinski definition) is 4. The second kappa shape index (κ2) is 16.0. The maximum absolute atomic E-state index is 11.9. The number of carbonyl (C=O) groups is 2. The quantitative estimate of drug-likeness (QED) is 0.132. The Bertz CT molecular complexity index is 640. The Morgan fingerprint density at radius 3 is 2.38 bits per heavy atom. The molecular weight excluding hydrogens is 388 g/mol. The first-order valence-electron chi connectivity index (χ1n) is 10.8. The fourth-order valence-corrected chi connectivity index (χ4v) is 3.01. The monoisotopic (exact) mass is 422 g/mol. The number of rotatable bonds is 15. The first kappa shape index (κ1) is 25.2. The molecular formula is C24H35ClO4. The van der Waals surface area contributed by atoms with Gasteiger partial charge in [-0.3, -0.25) is 9.59 Å². The van der Waals surface area contributed by atoms with Crippen molar-refractivity contribution >= 4 is 23.5 Å². The number of unbranched alkanes of at least 4 members (excludes halogenated alkanes) is 7. The van der Waals surface area contributed by atoms with Gasteiger partial charge >= 0.3 is 11.9 Å². The van der Waals surface area contributed by atoms with E-state index in [2.05, 4.69) is 13.0 Å². The van der Waals surface area contributed by atoms with Crippen molar-refractivity contribution in [3.8, 4) is 5.75 Å². The van der Waals surface area contributed by atoms with Crippen LogP contribution in [0.3, 0.4) is 0 Å². The molecule has 1 aromatic carbocycles. The van der Waals surface area contributed by atoms with Crippen molar-refractivity contribution in [3.05, 3.63) is 40.9 Å². The molecule has 0 atom stereocenters. The summed E-state index contributed by atoms with van der Waals surface area (Å²) >= 11 is 6.00. The number of benzene rings is 1. The van der Waals surface area contributed by atoms with Crippen molar-refractivity contribution in [2.45, 2.75) is 84.5 Å². The summed E-state index contributed by atoms with van der Waals surface area (Å²) in [5.74, 6) is -0.350. The Labute approximate surface area is 180 Å². The van der Waals surface area contributed by atoms with Crippen molar-refractivity contribution in [2.24, 2.45) is 0 Å². The maximum Gasteiger partial charge on any atom is 0.311 e. The molecule has 162 valence electrons. The number of hydrogen-bond donors (Lipinski definition) is 0. The van der Waals surface area contributed by atoms with Crippen molar-refractivity contribution in [1.82, 2.24) is 0 Å². The van der Waals surface area contributed by atoms with Crippen LogP contribution >= 0.6 is 11.6 Å². The van der Waals surface area contributed by atoms with Crippen LogP contribution in [0.2, 0.25) is 5.02 Å². The minimum absolute atomic E-state index is 0.146. The van der Waals surface area contributed by atoms with E-state index in [-0.39, 0.29) is 18.8 Å². The van der Waals surface area contributed by atoms with Gasteiger partial charge < -0.3 is 9.47 Å². The van der Waals surface area contributed by atoms with E-state index in [1.54, 1.807) is 12.1 Å². The standard InChI is InChI=1S/C24H35ClO4/c1-3-4-5-6-7-8-9-10-11-12-18-28-23(26)14-13-15-24(27)29-22-19-20(2)16-17-21(22)25/h11-12,16-17,19H,3-10,13-15,18H2,1-2H3/b12-11+. The van der Waals surface area contributed by atoms with Crippen molar-refractivity contribution < 1.29 is 19.1 Å². The number of allylic oxidation sites excluding steroid dienone is 1. The van der Waals surface area contributed by atoms with Crippen LogP contribution in [-0.2, 0) is 14.3 Å². The van der Waals surface area contributed by atoms with E-state index in [4.69, 9.17) is 21.1 Å². The lowest BCUT2D eigenvalue weighted by Gasteiger charge is -2.07. The zero-order chi connectivity index (χ0) is 21.3. The number of aryl methyl sites for hydroxylation is 1. The smallest absolute Gasteiger partial charge is 0.311 e. The Morgan fingerprint density at radius 1 is 0.931 bits per heavy atom. The summed E-state index contributed by atoms with van der Waals surface area (Å²) in [6.07, 6.45) is 14.8. The predicted octanol–water partition coefficient (Wildman–Crippen LogP) is 6.96. The van der Waals surface area contributed by atoms with Crippen molar-refractivity contribution in [2.75, 3.05) is 6.61 Å². The fourth-order valence-electron chi connectivity index (χ4n) is 2.86. The van der Waals surface area contributed by atoms with Gasteiger partial charge in [0.25, 0.3) is 0 Å². The summed E-state index contributed by atoms with van der Waals surface area (Å²) in [4.78, 5) is 23.6.